The second kappa shape index (κ2) is 5.61. The van der Waals surface area contributed by atoms with Gasteiger partial charge in [0.05, 0.1) is 5.56 Å². The minimum atomic E-state index is -1.00. The van der Waals surface area contributed by atoms with Gasteiger partial charge in [-0.15, -0.1) is 0 Å². The van der Waals surface area contributed by atoms with Crippen molar-refractivity contribution in [1.29, 1.82) is 0 Å². The van der Waals surface area contributed by atoms with Crippen LogP contribution >= 0.6 is 0 Å². The summed E-state index contributed by atoms with van der Waals surface area (Å²) in [7, 11) is 0. The smallest absolute Gasteiger partial charge is 0.338 e. The van der Waals surface area contributed by atoms with Crippen molar-refractivity contribution in [3.8, 4) is 5.75 Å². The lowest BCUT2D eigenvalue weighted by atomic mass is 10.0. The summed E-state index contributed by atoms with van der Waals surface area (Å²) in [5.41, 5.74) is 1.25. The molecule has 0 amide bonds. The average Bonchev–Trinajstić information content (AvgIpc) is 2.85. The zero-order valence-electron chi connectivity index (χ0n) is 10.9. The average molecular weight is 260 g/mol. The second-order valence-corrected chi connectivity index (χ2v) is 4.59. The van der Waals surface area contributed by atoms with Gasteiger partial charge < -0.3 is 14.3 Å². The summed E-state index contributed by atoms with van der Waals surface area (Å²) in [6, 6.07) is 9.27. The number of furan rings is 1. The highest BCUT2D eigenvalue weighted by Gasteiger charge is 2.10. The SMILES string of the molecule is CC(C)c1ccccc1OCc1cc(C(=O)O)co1. The van der Waals surface area contributed by atoms with E-state index in [1.54, 1.807) is 0 Å². The molecule has 0 fully saturated rings. The molecular formula is C15H16O4. The van der Waals surface area contributed by atoms with Crippen molar-refractivity contribution >= 4 is 5.97 Å². The van der Waals surface area contributed by atoms with Crippen molar-refractivity contribution < 1.29 is 19.1 Å². The maximum absolute atomic E-state index is 10.7. The number of carbonyl (C=O) groups is 1. The molecule has 0 atom stereocenters. The van der Waals surface area contributed by atoms with E-state index in [-0.39, 0.29) is 12.2 Å². The van der Waals surface area contributed by atoms with Crippen LogP contribution in [0.2, 0.25) is 0 Å². The van der Waals surface area contributed by atoms with Gasteiger partial charge in [0.25, 0.3) is 0 Å². The third-order valence-electron chi connectivity index (χ3n) is 2.81. The van der Waals surface area contributed by atoms with Crippen LogP contribution in [0.4, 0.5) is 0 Å². The zero-order chi connectivity index (χ0) is 13.8. The third-order valence-corrected chi connectivity index (χ3v) is 2.81. The van der Waals surface area contributed by atoms with Gasteiger partial charge in [-0.3, -0.25) is 0 Å². The molecular weight excluding hydrogens is 244 g/mol. The Morgan fingerprint density at radius 1 is 1.37 bits per heavy atom. The molecule has 0 aliphatic heterocycles. The van der Waals surface area contributed by atoms with Gasteiger partial charge in [0.2, 0.25) is 0 Å². The number of hydrogen-bond acceptors (Lipinski definition) is 3. The first-order chi connectivity index (χ1) is 9.08. The molecule has 1 heterocycles. The number of rotatable bonds is 5. The van der Waals surface area contributed by atoms with Gasteiger partial charge in [0.1, 0.15) is 24.4 Å². The molecule has 1 aromatic carbocycles. The molecule has 19 heavy (non-hydrogen) atoms. The summed E-state index contributed by atoms with van der Waals surface area (Å²) in [5.74, 6) is 0.654. The van der Waals surface area contributed by atoms with Crippen molar-refractivity contribution in [3.05, 3.63) is 53.5 Å². The van der Waals surface area contributed by atoms with Crippen LogP contribution < -0.4 is 4.74 Å². The fourth-order valence-electron chi connectivity index (χ4n) is 1.81. The molecule has 4 nitrogen and oxygen atoms in total. The monoisotopic (exact) mass is 260 g/mol. The molecule has 0 radical (unpaired) electrons. The predicted molar refractivity (Wildman–Crippen MR) is 70.5 cm³/mol. The number of ether oxygens (including phenoxy) is 1. The van der Waals surface area contributed by atoms with Crippen LogP contribution in [0.1, 0.15) is 41.4 Å². The van der Waals surface area contributed by atoms with E-state index in [4.69, 9.17) is 14.3 Å². The molecule has 0 aliphatic carbocycles. The van der Waals surface area contributed by atoms with Gasteiger partial charge in [-0.1, -0.05) is 32.0 Å². The van der Waals surface area contributed by atoms with Crippen LogP contribution in [0.5, 0.6) is 5.75 Å². The minimum Gasteiger partial charge on any atom is -0.485 e. The maximum atomic E-state index is 10.7. The van der Waals surface area contributed by atoms with E-state index in [2.05, 4.69) is 13.8 Å². The Balaban J connectivity index is 2.08. The van der Waals surface area contributed by atoms with Crippen molar-refractivity contribution in [2.75, 3.05) is 0 Å². The van der Waals surface area contributed by atoms with Crippen LogP contribution in [0, 0.1) is 0 Å². The van der Waals surface area contributed by atoms with Crippen molar-refractivity contribution in [1.82, 2.24) is 0 Å². The Morgan fingerprint density at radius 2 is 2.11 bits per heavy atom. The van der Waals surface area contributed by atoms with Crippen molar-refractivity contribution in [2.45, 2.75) is 26.4 Å². The number of carboxylic acids is 1. The first-order valence-electron chi connectivity index (χ1n) is 6.10. The number of para-hydroxylation sites is 1. The summed E-state index contributed by atoms with van der Waals surface area (Å²) < 4.78 is 10.8. The van der Waals surface area contributed by atoms with Gasteiger partial charge >= 0.3 is 5.97 Å². The first-order valence-corrected chi connectivity index (χ1v) is 6.10. The van der Waals surface area contributed by atoms with Gasteiger partial charge in [-0.2, -0.15) is 0 Å². The molecule has 0 saturated carbocycles. The number of carboxylic acid groups (broad SMARTS) is 1. The van der Waals surface area contributed by atoms with Crippen molar-refractivity contribution in [2.24, 2.45) is 0 Å². The topological polar surface area (TPSA) is 59.7 Å². The summed E-state index contributed by atoms with van der Waals surface area (Å²) in [4.78, 5) is 10.7. The quantitative estimate of drug-likeness (QED) is 0.890. The highest BCUT2D eigenvalue weighted by atomic mass is 16.5. The lowest BCUT2D eigenvalue weighted by Gasteiger charge is -2.12. The van der Waals surface area contributed by atoms with E-state index >= 15 is 0 Å². The van der Waals surface area contributed by atoms with E-state index in [0.717, 1.165) is 11.3 Å². The first kappa shape index (κ1) is 13.2. The maximum Gasteiger partial charge on any atom is 0.338 e. The third kappa shape index (κ3) is 3.16. The largest absolute Gasteiger partial charge is 0.485 e. The number of hydrogen-bond donors (Lipinski definition) is 1. The van der Waals surface area contributed by atoms with Gasteiger partial charge in [0, 0.05) is 0 Å². The van der Waals surface area contributed by atoms with Gasteiger partial charge in [-0.25, -0.2) is 4.79 Å². The lowest BCUT2D eigenvalue weighted by molar-refractivity contribution is 0.0696. The fourth-order valence-corrected chi connectivity index (χ4v) is 1.81. The molecule has 0 unspecified atom stereocenters. The molecule has 4 heteroatoms. The molecule has 1 N–H and O–H groups in total. The van der Waals surface area contributed by atoms with Crippen LogP contribution in [0.3, 0.4) is 0 Å². The van der Waals surface area contributed by atoms with Gasteiger partial charge in [0.15, 0.2) is 0 Å². The van der Waals surface area contributed by atoms with E-state index in [1.165, 1.54) is 12.3 Å². The standard InChI is InChI=1S/C15H16O4/c1-10(2)13-5-3-4-6-14(13)19-9-12-7-11(8-18-12)15(16)17/h3-8,10H,9H2,1-2H3,(H,16,17). The number of benzene rings is 1. The molecule has 0 saturated heterocycles. The molecule has 2 rings (SSSR count). The van der Waals surface area contributed by atoms with E-state index in [1.807, 2.05) is 24.3 Å². The summed E-state index contributed by atoms with van der Waals surface area (Å²) in [6.45, 7) is 4.41. The Bertz CT molecular complexity index is 569. The predicted octanol–water partition coefficient (Wildman–Crippen LogP) is 3.68. The highest BCUT2D eigenvalue weighted by molar-refractivity contribution is 5.87. The Kier molecular flexibility index (Phi) is 3.90. The minimum absolute atomic E-state index is 0.135. The van der Waals surface area contributed by atoms with Crippen LogP contribution in [0.15, 0.2) is 41.0 Å². The summed E-state index contributed by atoms with van der Waals surface area (Å²) in [5, 5.41) is 8.80. The van der Waals surface area contributed by atoms with E-state index in [0.29, 0.717) is 11.7 Å². The van der Waals surface area contributed by atoms with Crippen LogP contribution in [0.25, 0.3) is 0 Å². The van der Waals surface area contributed by atoms with Gasteiger partial charge in [-0.05, 0) is 23.6 Å². The van der Waals surface area contributed by atoms with Crippen LogP contribution in [-0.2, 0) is 6.61 Å². The Morgan fingerprint density at radius 3 is 2.74 bits per heavy atom. The normalized spacial score (nSPS) is 10.7. The lowest BCUT2D eigenvalue weighted by Crippen LogP contribution is -1.99. The molecule has 0 spiro atoms. The van der Waals surface area contributed by atoms with E-state index in [9.17, 15) is 4.79 Å². The molecule has 100 valence electrons. The second-order valence-electron chi connectivity index (χ2n) is 4.59. The van der Waals surface area contributed by atoms with Crippen molar-refractivity contribution in [3.63, 3.8) is 0 Å². The molecule has 1 aromatic heterocycles. The number of aromatic carboxylic acids is 1. The molecule has 0 bridgehead atoms. The molecule has 2 aromatic rings. The highest BCUT2D eigenvalue weighted by Crippen LogP contribution is 2.26. The summed E-state index contributed by atoms with van der Waals surface area (Å²) >= 11 is 0. The summed E-state index contributed by atoms with van der Waals surface area (Å²) in [6.07, 6.45) is 1.22. The Hall–Kier alpha value is -2.23. The van der Waals surface area contributed by atoms with E-state index < -0.39 is 5.97 Å². The fraction of sp³-hybridized carbons (Fsp3) is 0.267. The van der Waals surface area contributed by atoms with Crippen LogP contribution in [-0.4, -0.2) is 11.1 Å². The molecule has 0 aliphatic rings. The zero-order valence-corrected chi connectivity index (χ0v) is 10.9. The Labute approximate surface area is 111 Å².